The van der Waals surface area contributed by atoms with Crippen molar-refractivity contribution in [2.24, 2.45) is 0 Å². The summed E-state index contributed by atoms with van der Waals surface area (Å²) < 4.78 is 17.3. The largest absolute Gasteiger partial charge is 0.492 e. The molecule has 0 unspecified atom stereocenters. The summed E-state index contributed by atoms with van der Waals surface area (Å²) in [6, 6.07) is 4.11. The first kappa shape index (κ1) is 23.8. The van der Waals surface area contributed by atoms with Gasteiger partial charge in [0.25, 0.3) is 0 Å². The van der Waals surface area contributed by atoms with Gasteiger partial charge in [-0.25, -0.2) is 0 Å². The van der Waals surface area contributed by atoms with E-state index in [-0.39, 0.29) is 24.8 Å². The smallest absolute Gasteiger partial charge is 0.174 e. The van der Waals surface area contributed by atoms with Gasteiger partial charge in [-0.3, -0.25) is 4.90 Å². The van der Waals surface area contributed by atoms with Gasteiger partial charge in [0.1, 0.15) is 0 Å². The van der Waals surface area contributed by atoms with E-state index in [0.717, 1.165) is 61.9 Å². The molecule has 8 heteroatoms. The molecule has 1 aromatic rings. The molecule has 1 heterocycles. The highest BCUT2D eigenvalue weighted by molar-refractivity contribution is 9.10. The molecule has 0 saturated carbocycles. The van der Waals surface area contributed by atoms with Crippen molar-refractivity contribution in [3.63, 3.8) is 0 Å². The number of nitrogens with zero attached hydrogens (tertiary/aromatic N) is 1. The summed E-state index contributed by atoms with van der Waals surface area (Å²) in [5, 5.41) is 3.48. The first-order chi connectivity index (χ1) is 10.7. The number of hydrogen-bond acceptors (Lipinski definition) is 5. The summed E-state index contributed by atoms with van der Waals surface area (Å²) in [5.74, 6) is 1.53. The van der Waals surface area contributed by atoms with Crippen LogP contribution in [0, 0.1) is 0 Å². The van der Waals surface area contributed by atoms with E-state index in [1.807, 2.05) is 13.0 Å². The fourth-order valence-corrected chi connectivity index (χ4v) is 3.13. The summed E-state index contributed by atoms with van der Waals surface area (Å²) in [6.07, 6.45) is 0. The van der Waals surface area contributed by atoms with Crippen LogP contribution in [0.25, 0.3) is 0 Å². The zero-order chi connectivity index (χ0) is 15.8. The average Bonchev–Trinajstić information content (AvgIpc) is 2.53. The Morgan fingerprint density at radius 2 is 1.96 bits per heavy atom. The highest BCUT2D eigenvalue weighted by Gasteiger charge is 2.12. The van der Waals surface area contributed by atoms with Crippen molar-refractivity contribution in [2.75, 3.05) is 53.1 Å². The van der Waals surface area contributed by atoms with E-state index in [2.05, 4.69) is 32.2 Å². The van der Waals surface area contributed by atoms with Crippen LogP contribution in [0.15, 0.2) is 16.6 Å². The average molecular weight is 446 g/mol. The van der Waals surface area contributed by atoms with Crippen molar-refractivity contribution in [3.8, 4) is 11.5 Å². The van der Waals surface area contributed by atoms with Crippen molar-refractivity contribution in [3.05, 3.63) is 22.2 Å². The number of methoxy groups -OCH3 is 1. The number of halogens is 3. The third-order valence-corrected chi connectivity index (χ3v) is 4.20. The van der Waals surface area contributed by atoms with E-state index in [4.69, 9.17) is 14.2 Å². The number of rotatable bonds is 8. The molecule has 0 bridgehead atoms. The molecule has 1 aliphatic heterocycles. The summed E-state index contributed by atoms with van der Waals surface area (Å²) in [4.78, 5) is 2.42. The number of nitrogens with one attached hydrogen (secondary N) is 1. The van der Waals surface area contributed by atoms with Gasteiger partial charge in [-0.05, 0) is 40.5 Å². The minimum Gasteiger partial charge on any atom is -0.492 e. The van der Waals surface area contributed by atoms with Gasteiger partial charge in [0.15, 0.2) is 11.5 Å². The van der Waals surface area contributed by atoms with Crippen molar-refractivity contribution in [2.45, 2.75) is 13.5 Å². The third kappa shape index (κ3) is 7.33. The zero-order valence-corrected chi connectivity index (χ0v) is 17.4. The van der Waals surface area contributed by atoms with Crippen LogP contribution in [0.5, 0.6) is 11.5 Å². The quantitative estimate of drug-likeness (QED) is 0.622. The van der Waals surface area contributed by atoms with Gasteiger partial charge in [-0.1, -0.05) is 0 Å². The molecule has 1 saturated heterocycles. The van der Waals surface area contributed by atoms with E-state index in [1.54, 1.807) is 7.11 Å². The topological polar surface area (TPSA) is 43.0 Å². The van der Waals surface area contributed by atoms with Crippen LogP contribution in [-0.4, -0.2) is 58.0 Å². The molecule has 0 aromatic heterocycles. The van der Waals surface area contributed by atoms with Gasteiger partial charge < -0.3 is 19.5 Å². The van der Waals surface area contributed by atoms with E-state index in [0.29, 0.717) is 6.61 Å². The van der Waals surface area contributed by atoms with E-state index in [9.17, 15) is 0 Å². The number of ether oxygens (including phenoxy) is 3. The summed E-state index contributed by atoms with van der Waals surface area (Å²) in [6.45, 7) is 9.19. The fourth-order valence-electron chi connectivity index (χ4n) is 2.48. The van der Waals surface area contributed by atoms with Crippen LogP contribution in [0.4, 0.5) is 0 Å². The normalized spacial score (nSPS) is 14.5. The van der Waals surface area contributed by atoms with Gasteiger partial charge in [0, 0.05) is 32.7 Å². The predicted molar refractivity (Wildman–Crippen MR) is 105 cm³/mol. The Morgan fingerprint density at radius 3 is 2.58 bits per heavy atom. The second-order valence-corrected chi connectivity index (χ2v) is 6.03. The SMILES string of the molecule is CCOc1cc(CNCCN2CCOCC2)cc(Br)c1OC.Cl.Cl. The molecule has 0 radical (unpaired) electrons. The van der Waals surface area contributed by atoms with Crippen LogP contribution in [0.3, 0.4) is 0 Å². The zero-order valence-electron chi connectivity index (χ0n) is 14.2. The van der Waals surface area contributed by atoms with Crippen LogP contribution in [-0.2, 0) is 11.3 Å². The minimum absolute atomic E-state index is 0. The maximum absolute atomic E-state index is 5.65. The summed E-state index contributed by atoms with van der Waals surface area (Å²) >= 11 is 3.54. The Labute approximate surface area is 165 Å². The summed E-state index contributed by atoms with van der Waals surface area (Å²) in [5.41, 5.74) is 1.18. The lowest BCUT2D eigenvalue weighted by molar-refractivity contribution is 0.0384. The maximum Gasteiger partial charge on any atom is 0.174 e. The number of morpholine rings is 1. The maximum atomic E-state index is 5.65. The molecule has 1 fully saturated rings. The highest BCUT2D eigenvalue weighted by atomic mass is 79.9. The lowest BCUT2D eigenvalue weighted by atomic mass is 10.2. The molecule has 0 amide bonds. The summed E-state index contributed by atoms with van der Waals surface area (Å²) in [7, 11) is 1.66. The molecule has 1 N–H and O–H groups in total. The molecular weight excluding hydrogens is 419 g/mol. The molecule has 1 aliphatic rings. The number of hydrogen-bond donors (Lipinski definition) is 1. The van der Waals surface area contributed by atoms with Crippen LogP contribution in [0.2, 0.25) is 0 Å². The Kier molecular flexibility index (Phi) is 12.9. The van der Waals surface area contributed by atoms with Gasteiger partial charge in [-0.15, -0.1) is 24.8 Å². The lowest BCUT2D eigenvalue weighted by Crippen LogP contribution is -2.40. The molecule has 1 aromatic carbocycles. The monoisotopic (exact) mass is 444 g/mol. The van der Waals surface area contributed by atoms with Crippen LogP contribution in [0.1, 0.15) is 12.5 Å². The molecular formula is C16H27BrCl2N2O3. The van der Waals surface area contributed by atoms with Crippen LogP contribution < -0.4 is 14.8 Å². The molecule has 0 spiro atoms. The van der Waals surface area contributed by atoms with Gasteiger partial charge >= 0.3 is 0 Å². The van der Waals surface area contributed by atoms with Crippen molar-refractivity contribution < 1.29 is 14.2 Å². The predicted octanol–water partition coefficient (Wildman–Crippen LogP) is 3.12. The second kappa shape index (κ2) is 13.0. The van der Waals surface area contributed by atoms with Gasteiger partial charge in [0.05, 0.1) is 31.4 Å². The van der Waals surface area contributed by atoms with Crippen LogP contribution >= 0.6 is 40.7 Å². The van der Waals surface area contributed by atoms with E-state index in [1.165, 1.54) is 5.56 Å². The molecule has 24 heavy (non-hydrogen) atoms. The first-order valence-electron chi connectivity index (χ1n) is 7.74. The molecule has 140 valence electrons. The highest BCUT2D eigenvalue weighted by Crippen LogP contribution is 2.36. The van der Waals surface area contributed by atoms with E-state index >= 15 is 0 Å². The first-order valence-corrected chi connectivity index (χ1v) is 8.54. The molecule has 0 aliphatic carbocycles. The second-order valence-electron chi connectivity index (χ2n) is 5.17. The molecule has 2 rings (SSSR count). The fraction of sp³-hybridized carbons (Fsp3) is 0.625. The Bertz CT molecular complexity index is 475. The van der Waals surface area contributed by atoms with Gasteiger partial charge in [-0.2, -0.15) is 0 Å². The Balaban J connectivity index is 0.00000264. The standard InChI is InChI=1S/C16H25BrN2O3.2ClH/c1-3-22-15-11-13(10-14(17)16(15)20-2)12-18-4-5-19-6-8-21-9-7-19;;/h10-11,18H,3-9,12H2,1-2H3;2*1H. The molecule has 0 atom stereocenters. The lowest BCUT2D eigenvalue weighted by Gasteiger charge is -2.26. The van der Waals surface area contributed by atoms with Crippen molar-refractivity contribution in [1.82, 2.24) is 10.2 Å². The third-order valence-electron chi connectivity index (χ3n) is 3.61. The van der Waals surface area contributed by atoms with Crippen molar-refractivity contribution >= 4 is 40.7 Å². The van der Waals surface area contributed by atoms with Crippen molar-refractivity contribution in [1.29, 1.82) is 0 Å². The Morgan fingerprint density at radius 1 is 1.25 bits per heavy atom. The molecule has 5 nitrogen and oxygen atoms in total. The minimum atomic E-state index is 0. The Hall–Kier alpha value is -0.240. The number of benzene rings is 1. The van der Waals surface area contributed by atoms with E-state index < -0.39 is 0 Å². The van der Waals surface area contributed by atoms with Gasteiger partial charge in [0.2, 0.25) is 0 Å².